The normalized spacial score (nSPS) is 11.0. The third-order valence-electron chi connectivity index (χ3n) is 1.93. The predicted octanol–water partition coefficient (Wildman–Crippen LogP) is 1.64. The van der Waals surface area contributed by atoms with E-state index in [1.807, 2.05) is 0 Å². The van der Waals surface area contributed by atoms with E-state index in [2.05, 4.69) is 38.4 Å². The van der Waals surface area contributed by atoms with E-state index in [0.717, 1.165) is 0 Å². The molecular formula is C8H16OSi. The first-order chi connectivity index (χ1) is 4.50. The number of aliphatic hydroxyl groups is 1. The molecule has 0 aliphatic heterocycles. The number of aliphatic hydroxyl groups excluding tert-OH is 1. The van der Waals surface area contributed by atoms with E-state index in [1.54, 1.807) is 0 Å². The van der Waals surface area contributed by atoms with Crippen LogP contribution >= 0.6 is 0 Å². The van der Waals surface area contributed by atoms with Crippen LogP contribution in [0.4, 0.5) is 0 Å². The van der Waals surface area contributed by atoms with Crippen LogP contribution in [0.25, 0.3) is 0 Å². The average molecular weight is 156 g/mol. The molecule has 0 aromatic heterocycles. The minimum absolute atomic E-state index is 0.00313. The quantitative estimate of drug-likeness (QED) is 0.452. The molecule has 0 aromatic rings. The maximum Gasteiger partial charge on any atom is 0.135 e. The highest BCUT2D eigenvalue weighted by molar-refractivity contribution is 6.86. The van der Waals surface area contributed by atoms with Crippen molar-refractivity contribution in [1.82, 2.24) is 0 Å². The van der Waals surface area contributed by atoms with E-state index in [0.29, 0.717) is 5.54 Å². The van der Waals surface area contributed by atoms with Crippen molar-refractivity contribution >= 4 is 8.07 Å². The molecular weight excluding hydrogens is 140 g/mol. The van der Waals surface area contributed by atoms with E-state index in [4.69, 9.17) is 5.11 Å². The van der Waals surface area contributed by atoms with Gasteiger partial charge in [-0.2, -0.15) is 0 Å². The van der Waals surface area contributed by atoms with Crippen molar-refractivity contribution in [1.29, 1.82) is 0 Å². The van der Waals surface area contributed by atoms with Crippen LogP contribution in [-0.4, -0.2) is 19.8 Å². The van der Waals surface area contributed by atoms with Crippen molar-refractivity contribution < 1.29 is 5.11 Å². The Balaban J connectivity index is 4.12. The average Bonchev–Trinajstić information content (AvgIpc) is 1.84. The fraction of sp³-hybridized carbons (Fsp3) is 0.750. The maximum atomic E-state index is 8.46. The summed E-state index contributed by atoms with van der Waals surface area (Å²) in [5.74, 6) is 2.74. The van der Waals surface area contributed by atoms with Gasteiger partial charge < -0.3 is 5.11 Å². The van der Waals surface area contributed by atoms with Crippen LogP contribution in [0.2, 0.25) is 18.6 Å². The first-order valence-corrected chi connectivity index (χ1v) is 6.69. The fourth-order valence-electron chi connectivity index (χ4n) is 0.412. The summed E-state index contributed by atoms with van der Waals surface area (Å²) in [7, 11) is -1.32. The van der Waals surface area contributed by atoms with Gasteiger partial charge in [0.1, 0.15) is 14.7 Å². The maximum absolute atomic E-state index is 8.46. The predicted molar refractivity (Wildman–Crippen MR) is 47.4 cm³/mol. The second-order valence-corrected chi connectivity index (χ2v) is 8.18. The summed E-state index contributed by atoms with van der Waals surface area (Å²) in [5, 5.41) is 8.46. The molecule has 0 aliphatic rings. The van der Waals surface area contributed by atoms with Gasteiger partial charge in [0.2, 0.25) is 0 Å². The smallest absolute Gasteiger partial charge is 0.135 e. The van der Waals surface area contributed by atoms with E-state index in [1.165, 1.54) is 0 Å². The van der Waals surface area contributed by atoms with Gasteiger partial charge in [0.25, 0.3) is 0 Å². The van der Waals surface area contributed by atoms with E-state index in [-0.39, 0.29) is 6.61 Å². The van der Waals surface area contributed by atoms with Gasteiger partial charge in [-0.15, -0.1) is 5.54 Å². The SMILES string of the molecule is CC(C)[Si](C)(C)C#CCO. The Morgan fingerprint density at radius 1 is 1.40 bits per heavy atom. The second kappa shape index (κ2) is 3.80. The van der Waals surface area contributed by atoms with Crippen LogP contribution < -0.4 is 0 Å². The van der Waals surface area contributed by atoms with Crippen LogP contribution in [-0.2, 0) is 0 Å². The van der Waals surface area contributed by atoms with Crippen LogP contribution in [0.1, 0.15) is 13.8 Å². The van der Waals surface area contributed by atoms with Gasteiger partial charge in [-0.25, -0.2) is 0 Å². The molecule has 0 saturated carbocycles. The first-order valence-electron chi connectivity index (χ1n) is 3.61. The molecule has 58 valence electrons. The van der Waals surface area contributed by atoms with Crippen molar-refractivity contribution in [3.63, 3.8) is 0 Å². The summed E-state index contributed by atoms with van der Waals surface area (Å²) in [4.78, 5) is 0. The Hall–Kier alpha value is -0.263. The number of hydrogen-bond acceptors (Lipinski definition) is 1. The largest absolute Gasteiger partial charge is 0.384 e. The number of rotatable bonds is 1. The molecule has 0 heterocycles. The molecule has 0 aliphatic carbocycles. The van der Waals surface area contributed by atoms with Gasteiger partial charge in [0.15, 0.2) is 0 Å². The molecule has 0 aromatic carbocycles. The lowest BCUT2D eigenvalue weighted by Gasteiger charge is -2.18. The van der Waals surface area contributed by atoms with Crippen molar-refractivity contribution in [2.75, 3.05) is 6.61 Å². The Bertz CT molecular complexity index is 150. The zero-order valence-electron chi connectivity index (χ0n) is 7.23. The number of hydrogen-bond donors (Lipinski definition) is 1. The van der Waals surface area contributed by atoms with Crippen molar-refractivity contribution in [3.8, 4) is 11.5 Å². The molecule has 1 nitrogen and oxygen atoms in total. The molecule has 0 spiro atoms. The van der Waals surface area contributed by atoms with Crippen LogP contribution in [0.15, 0.2) is 0 Å². The molecule has 0 unspecified atom stereocenters. The van der Waals surface area contributed by atoms with Gasteiger partial charge >= 0.3 is 0 Å². The molecule has 0 bridgehead atoms. The van der Waals surface area contributed by atoms with Crippen molar-refractivity contribution in [2.45, 2.75) is 32.5 Å². The zero-order valence-corrected chi connectivity index (χ0v) is 8.23. The molecule has 0 atom stereocenters. The van der Waals surface area contributed by atoms with E-state index >= 15 is 0 Å². The minimum Gasteiger partial charge on any atom is -0.384 e. The highest BCUT2D eigenvalue weighted by atomic mass is 28.3. The summed E-state index contributed by atoms with van der Waals surface area (Å²) >= 11 is 0. The molecule has 0 radical (unpaired) electrons. The second-order valence-electron chi connectivity index (χ2n) is 3.34. The summed E-state index contributed by atoms with van der Waals surface area (Å²) < 4.78 is 0. The van der Waals surface area contributed by atoms with Gasteiger partial charge in [-0.05, 0) is 5.54 Å². The van der Waals surface area contributed by atoms with Crippen LogP contribution in [0.3, 0.4) is 0 Å². The van der Waals surface area contributed by atoms with Crippen molar-refractivity contribution in [2.24, 2.45) is 0 Å². The Morgan fingerprint density at radius 3 is 2.20 bits per heavy atom. The Labute approximate surface area is 64.5 Å². The molecule has 0 fully saturated rings. The van der Waals surface area contributed by atoms with Gasteiger partial charge in [-0.3, -0.25) is 0 Å². The zero-order chi connectivity index (χ0) is 8.20. The lowest BCUT2D eigenvalue weighted by atomic mass is 10.6. The Morgan fingerprint density at radius 2 is 1.90 bits per heavy atom. The van der Waals surface area contributed by atoms with Gasteiger partial charge in [0.05, 0.1) is 0 Å². The topological polar surface area (TPSA) is 20.2 Å². The summed E-state index contributed by atoms with van der Waals surface area (Å²) in [6.07, 6.45) is 0. The van der Waals surface area contributed by atoms with Gasteiger partial charge in [-0.1, -0.05) is 32.9 Å². The summed E-state index contributed by atoms with van der Waals surface area (Å²) in [6.45, 7) is 8.83. The summed E-state index contributed by atoms with van der Waals surface area (Å²) in [6, 6.07) is 0. The van der Waals surface area contributed by atoms with E-state index < -0.39 is 8.07 Å². The molecule has 10 heavy (non-hydrogen) atoms. The lowest BCUT2D eigenvalue weighted by Crippen LogP contribution is -2.27. The van der Waals surface area contributed by atoms with E-state index in [9.17, 15) is 0 Å². The monoisotopic (exact) mass is 156 g/mol. The molecule has 0 amide bonds. The summed E-state index contributed by atoms with van der Waals surface area (Å²) in [5.41, 5.74) is 3.82. The molecule has 0 saturated heterocycles. The van der Waals surface area contributed by atoms with Crippen LogP contribution in [0, 0.1) is 11.5 Å². The highest BCUT2D eigenvalue weighted by Crippen LogP contribution is 2.18. The third kappa shape index (κ3) is 3.05. The fourth-order valence-corrected chi connectivity index (χ4v) is 1.24. The minimum atomic E-state index is -1.32. The standard InChI is InChI=1S/C8H16OSi/c1-8(2)10(3,4)7-5-6-9/h8-9H,6H2,1-4H3. The van der Waals surface area contributed by atoms with Crippen molar-refractivity contribution in [3.05, 3.63) is 0 Å². The highest BCUT2D eigenvalue weighted by Gasteiger charge is 2.21. The third-order valence-corrected chi connectivity index (χ3v) is 5.64. The molecule has 2 heteroatoms. The molecule has 0 rings (SSSR count). The first kappa shape index (κ1) is 9.74. The van der Waals surface area contributed by atoms with Crippen LogP contribution in [0.5, 0.6) is 0 Å². The molecule has 1 N–H and O–H groups in total. The lowest BCUT2D eigenvalue weighted by molar-refractivity contribution is 0.350. The Kier molecular flexibility index (Phi) is 3.70. The van der Waals surface area contributed by atoms with Gasteiger partial charge in [0, 0.05) is 0 Å².